The molecule has 3 aliphatic rings. The number of benzene rings is 4. The van der Waals surface area contributed by atoms with Crippen molar-refractivity contribution in [3.63, 3.8) is 0 Å². The van der Waals surface area contributed by atoms with Crippen molar-refractivity contribution in [1.82, 2.24) is 10.2 Å². The van der Waals surface area contributed by atoms with E-state index in [9.17, 15) is 19.8 Å². The molecule has 0 bridgehead atoms. The largest absolute Gasteiger partial charge is 0.459 e. The number of fused-ring (bicyclic) bond motifs is 3. The van der Waals surface area contributed by atoms with Gasteiger partial charge in [0.25, 0.3) is 0 Å². The number of hydrogen-bond donors (Lipinski definition) is 3. The van der Waals surface area contributed by atoms with Crippen molar-refractivity contribution < 1.29 is 43.6 Å². The Hall–Kier alpha value is -5.69. The number of carbonyl (C=O) groups excluding carboxylic acids is 2. The highest BCUT2D eigenvalue weighted by Crippen LogP contribution is 2.62. The molecule has 3 N–H and O–H groups in total. The maximum absolute atomic E-state index is 14.8. The Kier molecular flexibility index (Phi) is 21.6. The Morgan fingerprint density at radius 1 is 0.836 bits per heavy atom. The minimum absolute atomic E-state index is 0.0196. The van der Waals surface area contributed by atoms with Crippen molar-refractivity contribution in [3.8, 4) is 11.5 Å². The molecule has 73 heavy (non-hydrogen) atoms. The van der Waals surface area contributed by atoms with E-state index in [-0.39, 0.29) is 63.8 Å². The molecule has 1 heterocycles. The predicted molar refractivity (Wildman–Crippen MR) is 289 cm³/mol. The van der Waals surface area contributed by atoms with Gasteiger partial charge >= 0.3 is 12.2 Å². The van der Waals surface area contributed by atoms with Crippen molar-refractivity contribution in [2.45, 2.75) is 154 Å². The van der Waals surface area contributed by atoms with Gasteiger partial charge in [-0.2, -0.15) is 0 Å². The molecule has 12 heteroatoms. The number of oxime groups is 1. The van der Waals surface area contributed by atoms with Gasteiger partial charge in [-0.3, -0.25) is 4.90 Å². The molecule has 4 aromatic rings. The molecule has 1 fully saturated rings. The topological polar surface area (TPSA) is 148 Å². The predicted octanol–water partition coefficient (Wildman–Crippen LogP) is 13.3. The van der Waals surface area contributed by atoms with E-state index in [1.807, 2.05) is 66.7 Å². The van der Waals surface area contributed by atoms with E-state index in [1.165, 1.54) is 44.9 Å². The third-order valence-electron chi connectivity index (χ3n) is 15.0. The first-order valence-electron chi connectivity index (χ1n) is 27.5. The number of carbonyl (C=O) groups is 2. The van der Waals surface area contributed by atoms with E-state index in [0.29, 0.717) is 36.6 Å². The van der Waals surface area contributed by atoms with Crippen LogP contribution in [0.25, 0.3) is 10.8 Å². The first-order chi connectivity index (χ1) is 35.8. The number of amides is 2. The lowest BCUT2D eigenvalue weighted by molar-refractivity contribution is -0.256. The summed E-state index contributed by atoms with van der Waals surface area (Å²) >= 11 is 0. The number of rotatable bonds is 30. The second-order valence-electron chi connectivity index (χ2n) is 20.0. The van der Waals surface area contributed by atoms with Crippen molar-refractivity contribution in [3.05, 3.63) is 132 Å². The van der Waals surface area contributed by atoms with Crippen LogP contribution in [0.1, 0.15) is 146 Å². The second-order valence-corrected chi connectivity index (χ2v) is 20.0. The molecule has 1 aliphatic heterocycles. The van der Waals surface area contributed by atoms with Crippen LogP contribution in [0.5, 0.6) is 11.5 Å². The van der Waals surface area contributed by atoms with Crippen LogP contribution in [0.3, 0.4) is 0 Å². The zero-order chi connectivity index (χ0) is 51.3. The van der Waals surface area contributed by atoms with Crippen molar-refractivity contribution in [2.75, 3.05) is 33.0 Å². The monoisotopic (exact) mass is 1000 g/mol. The molecule has 394 valence electrons. The van der Waals surface area contributed by atoms with Crippen LogP contribution in [0, 0.1) is 17.8 Å². The number of aliphatic hydroxyl groups excluding tert-OH is 2. The van der Waals surface area contributed by atoms with Crippen molar-refractivity contribution >= 4 is 28.7 Å². The molecular formula is C61H81N3O9. The van der Waals surface area contributed by atoms with Gasteiger partial charge in [0, 0.05) is 37.7 Å². The molecule has 4 aromatic carbocycles. The lowest BCUT2D eigenvalue weighted by Crippen LogP contribution is -2.70. The molecule has 0 spiro atoms. The van der Waals surface area contributed by atoms with Gasteiger partial charge in [0.1, 0.15) is 24.1 Å². The number of aliphatic hydroxyl groups is 2. The van der Waals surface area contributed by atoms with Gasteiger partial charge in [-0.15, -0.1) is 6.58 Å². The van der Waals surface area contributed by atoms with Gasteiger partial charge in [-0.1, -0.05) is 168 Å². The Morgan fingerprint density at radius 3 is 2.29 bits per heavy atom. The van der Waals surface area contributed by atoms with Crippen LogP contribution in [-0.2, 0) is 27.5 Å². The number of allylic oxidation sites excluding steroid dienone is 1. The molecular weight excluding hydrogens is 919 g/mol. The van der Waals surface area contributed by atoms with Crippen LogP contribution in [0.15, 0.2) is 120 Å². The summed E-state index contributed by atoms with van der Waals surface area (Å²) in [5.41, 5.74) is 4.33. The molecule has 6 atom stereocenters. The van der Waals surface area contributed by atoms with Crippen molar-refractivity contribution in [1.29, 1.82) is 0 Å². The second kappa shape index (κ2) is 28.7. The zero-order valence-corrected chi connectivity index (χ0v) is 43.5. The quantitative estimate of drug-likeness (QED) is 0.0264. The van der Waals surface area contributed by atoms with E-state index in [0.717, 1.165) is 78.0 Å². The molecule has 2 aliphatic carbocycles. The summed E-state index contributed by atoms with van der Waals surface area (Å²) in [5.74, 6) is -1.43. The number of unbranched alkanes of at least 4 members (excludes halogenated alkanes) is 11. The molecule has 0 radical (unpaired) electrons. The van der Waals surface area contributed by atoms with Crippen LogP contribution in [-0.4, -0.2) is 77.8 Å². The van der Waals surface area contributed by atoms with Crippen LogP contribution in [0.4, 0.5) is 9.59 Å². The first kappa shape index (κ1) is 55.1. The fourth-order valence-corrected chi connectivity index (χ4v) is 11.5. The van der Waals surface area contributed by atoms with Crippen LogP contribution < -0.4 is 14.8 Å². The summed E-state index contributed by atoms with van der Waals surface area (Å²) in [4.78, 5) is 36.4. The van der Waals surface area contributed by atoms with Gasteiger partial charge < -0.3 is 39.3 Å². The number of nitrogens with one attached hydrogen (secondary N) is 1. The van der Waals surface area contributed by atoms with E-state index in [1.54, 1.807) is 24.0 Å². The summed E-state index contributed by atoms with van der Waals surface area (Å²) in [7, 11) is 0. The Labute approximate surface area is 434 Å². The molecule has 2 amide bonds. The fourth-order valence-electron chi connectivity index (χ4n) is 11.5. The summed E-state index contributed by atoms with van der Waals surface area (Å²) in [6.45, 7) is 9.49. The third-order valence-corrected chi connectivity index (χ3v) is 15.0. The molecule has 0 saturated heterocycles. The highest BCUT2D eigenvalue weighted by atomic mass is 16.7. The van der Waals surface area contributed by atoms with Crippen LogP contribution in [0.2, 0.25) is 0 Å². The van der Waals surface area contributed by atoms with Gasteiger partial charge in [-0.05, 0) is 96.5 Å². The normalized spacial score (nSPS) is 21.3. The van der Waals surface area contributed by atoms with Gasteiger partial charge in [0.15, 0.2) is 0 Å². The van der Waals surface area contributed by atoms with Gasteiger partial charge in [0.2, 0.25) is 5.79 Å². The van der Waals surface area contributed by atoms with E-state index >= 15 is 0 Å². The fraction of sp³-hybridized carbons (Fsp3) is 0.525. The summed E-state index contributed by atoms with van der Waals surface area (Å²) in [6, 6.07) is 28.9. The zero-order valence-electron chi connectivity index (χ0n) is 43.5. The summed E-state index contributed by atoms with van der Waals surface area (Å²) < 4.78 is 26.7. The van der Waals surface area contributed by atoms with E-state index in [4.69, 9.17) is 28.9 Å². The number of hydrogen-bond acceptors (Lipinski definition) is 10. The first-order valence-corrected chi connectivity index (χ1v) is 27.5. The highest BCUT2D eigenvalue weighted by molar-refractivity contribution is 6.03. The van der Waals surface area contributed by atoms with Gasteiger partial charge in [0.05, 0.1) is 31.4 Å². The third kappa shape index (κ3) is 14.3. The van der Waals surface area contributed by atoms with E-state index in [2.05, 4.69) is 43.1 Å². The maximum atomic E-state index is 14.8. The number of ether oxygens (including phenoxy) is 4. The average Bonchev–Trinajstić information content (AvgIpc) is 3.40. The summed E-state index contributed by atoms with van der Waals surface area (Å²) in [6.07, 6.45) is 19.7. The van der Waals surface area contributed by atoms with Gasteiger partial charge in [-0.25, -0.2) is 9.59 Å². The Bertz CT molecular complexity index is 2420. The molecule has 0 unspecified atom stereocenters. The Morgan fingerprint density at radius 2 is 1.55 bits per heavy atom. The minimum atomic E-state index is -1.51. The highest BCUT2D eigenvalue weighted by Gasteiger charge is 2.65. The lowest BCUT2D eigenvalue weighted by atomic mass is 9.55. The minimum Gasteiger partial charge on any atom is -0.459 e. The standard InChI is InChI=1S/C61H81N3O9/c1-4-7-8-9-10-11-12-13-14-22-36-62-59(67)72-49-34-35-55-53(41-49)57-51(33-21-24-38-66)47(29-20-23-37-65)40-52-54(63-71-44-45-26-16-15-17-27-45)42-56(61(73-55,58(52)57)70-39-5-2)64(60(68)69-6-3)43-48-31-25-30-46-28-18-19-32-50(46)48/h5,15-19,25-28,30-32,34-35,40-41,47,51,56-58,65-66H,2,4,6-14,20-24,29,33,36-39,42-44H2,1,3H3,(H,62,67)/t47-,51+,56-,57+,58+,61+/m0/s1. The molecule has 7 rings (SSSR count). The van der Waals surface area contributed by atoms with Crippen molar-refractivity contribution in [2.24, 2.45) is 22.9 Å². The van der Waals surface area contributed by atoms with E-state index < -0.39 is 29.9 Å². The summed E-state index contributed by atoms with van der Waals surface area (Å²) in [5, 5.41) is 30.2. The Balaban J connectivity index is 1.30. The molecule has 12 nitrogen and oxygen atoms in total. The average molecular weight is 1000 g/mol. The number of nitrogens with zero attached hydrogens (tertiary/aromatic N) is 2. The maximum Gasteiger partial charge on any atom is 0.412 e. The smallest absolute Gasteiger partial charge is 0.412 e. The SMILES string of the molecule is C=CCO[C@@]12Oc3ccc(OC(=O)NCCCCCCCCCCCC)cc3[C@H]3[C@H](CCCCO)[C@@H](CCCCO)C=C(C(=NOCc4ccccc4)C[C@@H]1N(Cc1cccc4ccccc14)C(=O)OCC)[C@H]32. The molecule has 0 aromatic heterocycles. The van der Waals surface area contributed by atoms with Crippen LogP contribution >= 0.6 is 0 Å². The molecule has 1 saturated carbocycles. The lowest BCUT2D eigenvalue weighted by Gasteiger charge is -2.59.